The molecule has 0 spiro atoms. The third kappa shape index (κ3) is 2.45. The van der Waals surface area contributed by atoms with E-state index >= 15 is 0 Å². The maximum Gasteiger partial charge on any atom is 0.138 e. The highest BCUT2D eigenvalue weighted by atomic mass is 79.9. The summed E-state index contributed by atoms with van der Waals surface area (Å²) in [7, 11) is 0. The van der Waals surface area contributed by atoms with Crippen molar-refractivity contribution >= 4 is 44.1 Å². The van der Waals surface area contributed by atoms with Crippen LogP contribution in [0.3, 0.4) is 0 Å². The van der Waals surface area contributed by atoms with Gasteiger partial charge in [0.15, 0.2) is 0 Å². The molecule has 100 valence electrons. The zero-order valence-electron chi connectivity index (χ0n) is 10.6. The van der Waals surface area contributed by atoms with Crippen molar-refractivity contribution in [3.63, 3.8) is 0 Å². The Balaban J connectivity index is 2.19. The van der Waals surface area contributed by atoms with E-state index in [-0.39, 0.29) is 0 Å². The van der Waals surface area contributed by atoms with E-state index in [1.165, 1.54) is 0 Å². The Morgan fingerprint density at radius 1 is 1.42 bits per heavy atom. The van der Waals surface area contributed by atoms with E-state index in [1.807, 2.05) is 18.2 Å². The van der Waals surface area contributed by atoms with Gasteiger partial charge in [-0.2, -0.15) is 0 Å². The zero-order chi connectivity index (χ0) is 13.4. The van der Waals surface area contributed by atoms with Crippen molar-refractivity contribution in [3.05, 3.63) is 33.9 Å². The van der Waals surface area contributed by atoms with Crippen molar-refractivity contribution < 1.29 is 4.74 Å². The molecule has 0 unspecified atom stereocenters. The third-order valence-corrected chi connectivity index (χ3v) is 4.29. The average Bonchev–Trinajstić information content (AvgIpc) is 2.40. The smallest absolute Gasteiger partial charge is 0.138 e. The minimum atomic E-state index is 0.307. The Hall–Kier alpha value is -0.840. The van der Waals surface area contributed by atoms with Gasteiger partial charge in [-0.25, -0.2) is 4.98 Å². The Bertz CT molecular complexity index is 620. The van der Waals surface area contributed by atoms with Crippen molar-refractivity contribution in [1.82, 2.24) is 4.98 Å². The monoisotopic (exact) mass is 340 g/mol. The highest BCUT2D eigenvalue weighted by molar-refractivity contribution is 9.10. The second kappa shape index (κ2) is 5.27. The molecular weight excluding hydrogens is 328 g/mol. The van der Waals surface area contributed by atoms with Gasteiger partial charge in [-0.15, -0.1) is 0 Å². The first kappa shape index (κ1) is 13.2. The van der Waals surface area contributed by atoms with Crippen molar-refractivity contribution in [2.24, 2.45) is 0 Å². The highest BCUT2D eigenvalue weighted by Crippen LogP contribution is 2.33. The molecular formula is C14H14BrClN2O. The van der Waals surface area contributed by atoms with Crippen LogP contribution in [0.5, 0.6) is 0 Å². The lowest BCUT2D eigenvalue weighted by Gasteiger charge is -2.35. The van der Waals surface area contributed by atoms with Crippen molar-refractivity contribution in [2.45, 2.75) is 13.0 Å². The first-order valence-electron chi connectivity index (χ1n) is 6.26. The Labute approximate surface area is 125 Å². The maximum absolute atomic E-state index is 6.17. The molecule has 1 aromatic heterocycles. The maximum atomic E-state index is 6.17. The highest BCUT2D eigenvalue weighted by Gasteiger charge is 2.22. The summed E-state index contributed by atoms with van der Waals surface area (Å²) in [6, 6.07) is 8.33. The molecule has 2 aromatic rings. The Morgan fingerprint density at radius 3 is 3.05 bits per heavy atom. The first-order valence-corrected chi connectivity index (χ1v) is 7.43. The van der Waals surface area contributed by atoms with Gasteiger partial charge in [0, 0.05) is 21.8 Å². The first-order chi connectivity index (χ1) is 9.16. The summed E-state index contributed by atoms with van der Waals surface area (Å²) < 4.78 is 6.53. The lowest BCUT2D eigenvalue weighted by atomic mass is 10.1. The fourth-order valence-electron chi connectivity index (χ4n) is 2.45. The van der Waals surface area contributed by atoms with Crippen molar-refractivity contribution in [1.29, 1.82) is 0 Å². The predicted molar refractivity (Wildman–Crippen MR) is 82.1 cm³/mol. The lowest BCUT2D eigenvalue weighted by molar-refractivity contribution is 0.0987. The van der Waals surface area contributed by atoms with Gasteiger partial charge < -0.3 is 9.64 Å². The molecule has 1 fully saturated rings. The molecule has 19 heavy (non-hydrogen) atoms. The molecule has 5 heteroatoms. The minimum Gasteiger partial charge on any atom is -0.377 e. The zero-order valence-corrected chi connectivity index (χ0v) is 12.9. The van der Waals surface area contributed by atoms with Crippen LogP contribution in [0, 0.1) is 0 Å². The van der Waals surface area contributed by atoms with E-state index in [4.69, 9.17) is 16.3 Å². The number of hydrogen-bond acceptors (Lipinski definition) is 3. The van der Waals surface area contributed by atoms with Gasteiger partial charge in [0.25, 0.3) is 0 Å². The number of morpholine rings is 1. The number of benzene rings is 1. The van der Waals surface area contributed by atoms with E-state index in [2.05, 4.69) is 38.8 Å². The van der Waals surface area contributed by atoms with Crippen LogP contribution in [0.1, 0.15) is 6.92 Å². The largest absolute Gasteiger partial charge is 0.377 e. The third-order valence-electron chi connectivity index (χ3n) is 3.41. The number of ether oxygens (including phenoxy) is 1. The van der Waals surface area contributed by atoms with E-state index in [0.717, 1.165) is 40.8 Å². The molecule has 0 amide bonds. The predicted octanol–water partition coefficient (Wildman–Crippen LogP) is 3.88. The number of anilines is 1. The van der Waals surface area contributed by atoms with Gasteiger partial charge in [0.05, 0.1) is 19.3 Å². The van der Waals surface area contributed by atoms with Gasteiger partial charge in [0.1, 0.15) is 11.0 Å². The Kier molecular flexibility index (Phi) is 3.65. The molecule has 1 saturated heterocycles. The van der Waals surface area contributed by atoms with Gasteiger partial charge in [0.2, 0.25) is 0 Å². The number of aromatic nitrogens is 1. The van der Waals surface area contributed by atoms with Crippen LogP contribution in [0.4, 0.5) is 5.82 Å². The van der Waals surface area contributed by atoms with Crippen LogP contribution < -0.4 is 4.90 Å². The van der Waals surface area contributed by atoms with E-state index in [1.54, 1.807) is 0 Å². The molecule has 0 aliphatic carbocycles. The number of rotatable bonds is 1. The second-order valence-corrected chi connectivity index (χ2v) is 5.96. The molecule has 3 rings (SSSR count). The molecule has 0 N–H and O–H groups in total. The normalized spacial score (nSPS) is 19.9. The molecule has 3 nitrogen and oxygen atoms in total. The molecule has 0 saturated carbocycles. The summed E-state index contributed by atoms with van der Waals surface area (Å²) in [5, 5.41) is 2.73. The van der Waals surface area contributed by atoms with Crippen LogP contribution in [0.25, 0.3) is 10.8 Å². The lowest BCUT2D eigenvalue weighted by Crippen LogP contribution is -2.44. The Morgan fingerprint density at radius 2 is 2.26 bits per heavy atom. The summed E-state index contributed by atoms with van der Waals surface area (Å²) in [6.07, 6.45) is 0. The molecule has 1 aliphatic rings. The molecule has 0 bridgehead atoms. The number of hydrogen-bond donors (Lipinski definition) is 0. The van der Waals surface area contributed by atoms with Crippen molar-refractivity contribution in [3.8, 4) is 0 Å². The number of fused-ring (bicyclic) bond motifs is 1. The molecule has 1 aliphatic heterocycles. The average molecular weight is 342 g/mol. The minimum absolute atomic E-state index is 0.307. The van der Waals surface area contributed by atoms with E-state index in [0.29, 0.717) is 11.2 Å². The van der Waals surface area contributed by atoms with E-state index < -0.39 is 0 Å². The van der Waals surface area contributed by atoms with Gasteiger partial charge >= 0.3 is 0 Å². The summed E-state index contributed by atoms with van der Waals surface area (Å²) in [4.78, 5) is 6.80. The second-order valence-electron chi connectivity index (χ2n) is 4.72. The van der Waals surface area contributed by atoms with Gasteiger partial charge in [-0.1, -0.05) is 39.7 Å². The van der Waals surface area contributed by atoms with Gasteiger partial charge in [-0.05, 0) is 19.1 Å². The number of nitrogens with zero attached hydrogens (tertiary/aromatic N) is 2. The summed E-state index contributed by atoms with van der Waals surface area (Å²) in [5.74, 6) is 0.944. The molecule has 0 radical (unpaired) electrons. The summed E-state index contributed by atoms with van der Waals surface area (Å²) in [5.41, 5.74) is 0. The summed E-state index contributed by atoms with van der Waals surface area (Å²) in [6.45, 7) is 4.44. The number of halogens is 2. The van der Waals surface area contributed by atoms with Gasteiger partial charge in [-0.3, -0.25) is 0 Å². The van der Waals surface area contributed by atoms with Crippen molar-refractivity contribution in [2.75, 3.05) is 24.7 Å². The van der Waals surface area contributed by atoms with Crippen LogP contribution in [0.2, 0.25) is 5.15 Å². The standard InChI is InChI=1S/C14H14BrClN2O/c1-9-8-19-6-5-18(9)14-10-3-2-4-12(15)11(10)7-13(16)17-14/h2-4,7,9H,5-6,8H2,1H3/t9-/m1/s1. The topological polar surface area (TPSA) is 25.4 Å². The fraction of sp³-hybridized carbons (Fsp3) is 0.357. The molecule has 1 atom stereocenters. The van der Waals surface area contributed by atoms with Crippen LogP contribution in [-0.4, -0.2) is 30.8 Å². The van der Waals surface area contributed by atoms with Crippen LogP contribution in [0.15, 0.2) is 28.7 Å². The molecule has 1 aromatic carbocycles. The fourth-order valence-corrected chi connectivity index (χ4v) is 3.12. The molecule has 2 heterocycles. The quantitative estimate of drug-likeness (QED) is 0.736. The van der Waals surface area contributed by atoms with Crippen LogP contribution in [-0.2, 0) is 4.74 Å². The summed E-state index contributed by atoms with van der Waals surface area (Å²) >= 11 is 9.75. The van der Waals surface area contributed by atoms with E-state index in [9.17, 15) is 0 Å². The number of pyridine rings is 1. The van der Waals surface area contributed by atoms with Crippen LogP contribution >= 0.6 is 27.5 Å². The SMILES string of the molecule is C[C@@H]1COCCN1c1nc(Cl)cc2c(Br)cccc12.